The number of halogens is 1. The van der Waals surface area contributed by atoms with Gasteiger partial charge in [0.2, 0.25) is 0 Å². The zero-order chi connectivity index (χ0) is 9.97. The van der Waals surface area contributed by atoms with Crippen molar-refractivity contribution >= 4 is 15.9 Å². The average molecular weight is 259 g/mol. The molecule has 0 aliphatic heterocycles. The van der Waals surface area contributed by atoms with E-state index < -0.39 is 0 Å². The summed E-state index contributed by atoms with van der Waals surface area (Å²) in [5.74, 6) is 0. The molecule has 1 heterocycles. The van der Waals surface area contributed by atoms with Gasteiger partial charge in [0.15, 0.2) is 0 Å². The number of nitrogens with zero attached hydrogens (tertiary/aromatic N) is 2. The van der Waals surface area contributed by atoms with E-state index in [9.17, 15) is 0 Å². The quantitative estimate of drug-likeness (QED) is 0.816. The summed E-state index contributed by atoms with van der Waals surface area (Å²) in [6.45, 7) is 0. The van der Waals surface area contributed by atoms with Crippen LogP contribution >= 0.6 is 15.9 Å². The highest BCUT2D eigenvalue weighted by Crippen LogP contribution is 2.29. The highest BCUT2D eigenvalue weighted by atomic mass is 79.9. The number of ether oxygens (including phenoxy) is 1. The van der Waals surface area contributed by atoms with Crippen LogP contribution in [0.4, 0.5) is 0 Å². The van der Waals surface area contributed by atoms with Crippen LogP contribution in [-0.2, 0) is 4.74 Å². The molecular weight excluding hydrogens is 244 g/mol. The summed E-state index contributed by atoms with van der Waals surface area (Å²) in [6, 6.07) is 0.514. The van der Waals surface area contributed by atoms with Gasteiger partial charge in [0.05, 0.1) is 22.8 Å². The van der Waals surface area contributed by atoms with Gasteiger partial charge in [0.1, 0.15) is 0 Å². The summed E-state index contributed by atoms with van der Waals surface area (Å²) >= 11 is 3.42. The Balaban J connectivity index is 2.04. The SMILES string of the molecule is COC1CCCC(n2cc(Br)cn2)C1. The Hall–Kier alpha value is -0.350. The molecule has 0 amide bonds. The third kappa shape index (κ3) is 2.17. The molecule has 1 fully saturated rings. The molecule has 0 radical (unpaired) electrons. The van der Waals surface area contributed by atoms with Crippen LogP contribution in [0.2, 0.25) is 0 Å². The van der Waals surface area contributed by atoms with Crippen LogP contribution in [0.15, 0.2) is 16.9 Å². The molecule has 1 aliphatic rings. The number of aromatic nitrogens is 2. The van der Waals surface area contributed by atoms with Crippen molar-refractivity contribution in [1.82, 2.24) is 9.78 Å². The molecule has 0 spiro atoms. The highest BCUT2D eigenvalue weighted by molar-refractivity contribution is 9.10. The Labute approximate surface area is 92.6 Å². The fourth-order valence-electron chi connectivity index (χ4n) is 2.09. The minimum Gasteiger partial charge on any atom is -0.381 e. The molecule has 14 heavy (non-hydrogen) atoms. The molecule has 0 saturated heterocycles. The maximum Gasteiger partial charge on any atom is 0.0632 e. The lowest BCUT2D eigenvalue weighted by molar-refractivity contribution is 0.0508. The summed E-state index contributed by atoms with van der Waals surface area (Å²) in [6.07, 6.45) is 9.03. The second kappa shape index (κ2) is 4.45. The van der Waals surface area contributed by atoms with Crippen molar-refractivity contribution in [2.75, 3.05) is 7.11 Å². The van der Waals surface area contributed by atoms with E-state index in [0.717, 1.165) is 10.9 Å². The van der Waals surface area contributed by atoms with Gasteiger partial charge in [-0.25, -0.2) is 0 Å². The smallest absolute Gasteiger partial charge is 0.0632 e. The molecule has 1 aliphatic carbocycles. The van der Waals surface area contributed by atoms with Crippen molar-refractivity contribution < 1.29 is 4.74 Å². The van der Waals surface area contributed by atoms with E-state index in [1.807, 2.05) is 12.4 Å². The maximum absolute atomic E-state index is 5.40. The first-order chi connectivity index (χ1) is 6.79. The van der Waals surface area contributed by atoms with Crippen LogP contribution in [0, 0.1) is 0 Å². The van der Waals surface area contributed by atoms with Crippen LogP contribution < -0.4 is 0 Å². The zero-order valence-electron chi connectivity index (χ0n) is 8.32. The predicted molar refractivity (Wildman–Crippen MR) is 58.2 cm³/mol. The molecule has 3 nitrogen and oxygen atoms in total. The first kappa shape index (κ1) is 10.2. The number of rotatable bonds is 2. The van der Waals surface area contributed by atoms with Crippen molar-refractivity contribution in [3.8, 4) is 0 Å². The monoisotopic (exact) mass is 258 g/mol. The lowest BCUT2D eigenvalue weighted by Gasteiger charge is -2.28. The molecule has 2 unspecified atom stereocenters. The Bertz CT molecular complexity index is 300. The fraction of sp³-hybridized carbons (Fsp3) is 0.700. The molecule has 2 rings (SSSR count). The number of hydrogen-bond acceptors (Lipinski definition) is 2. The summed E-state index contributed by atoms with van der Waals surface area (Å²) < 4.78 is 8.50. The molecule has 1 saturated carbocycles. The van der Waals surface area contributed by atoms with Gasteiger partial charge in [-0.05, 0) is 41.6 Å². The highest BCUT2D eigenvalue weighted by Gasteiger charge is 2.23. The topological polar surface area (TPSA) is 27.1 Å². The summed E-state index contributed by atoms with van der Waals surface area (Å²) in [4.78, 5) is 0. The molecule has 0 bridgehead atoms. The number of methoxy groups -OCH3 is 1. The van der Waals surface area contributed by atoms with Crippen molar-refractivity contribution in [3.63, 3.8) is 0 Å². The first-order valence-electron chi connectivity index (χ1n) is 5.02. The van der Waals surface area contributed by atoms with Gasteiger partial charge < -0.3 is 4.74 Å². The molecule has 4 heteroatoms. The van der Waals surface area contributed by atoms with Gasteiger partial charge in [0, 0.05) is 13.3 Å². The van der Waals surface area contributed by atoms with Crippen LogP contribution in [-0.4, -0.2) is 23.0 Å². The van der Waals surface area contributed by atoms with Gasteiger partial charge in [-0.3, -0.25) is 4.68 Å². The average Bonchev–Trinajstić information content (AvgIpc) is 2.65. The molecule has 2 atom stereocenters. The third-order valence-corrected chi connectivity index (χ3v) is 3.29. The van der Waals surface area contributed by atoms with Crippen LogP contribution in [0.25, 0.3) is 0 Å². The van der Waals surface area contributed by atoms with Gasteiger partial charge in [-0.15, -0.1) is 0 Å². The molecular formula is C10H15BrN2O. The van der Waals surface area contributed by atoms with E-state index in [1.165, 1.54) is 19.3 Å². The van der Waals surface area contributed by atoms with E-state index in [-0.39, 0.29) is 0 Å². The first-order valence-corrected chi connectivity index (χ1v) is 5.81. The Morgan fingerprint density at radius 3 is 3.07 bits per heavy atom. The van der Waals surface area contributed by atoms with Gasteiger partial charge in [-0.2, -0.15) is 5.10 Å². The number of hydrogen-bond donors (Lipinski definition) is 0. The van der Waals surface area contributed by atoms with Crippen LogP contribution in [0.1, 0.15) is 31.7 Å². The van der Waals surface area contributed by atoms with Crippen LogP contribution in [0.5, 0.6) is 0 Å². The van der Waals surface area contributed by atoms with Crippen molar-refractivity contribution in [1.29, 1.82) is 0 Å². The lowest BCUT2D eigenvalue weighted by Crippen LogP contribution is -2.24. The molecule has 0 N–H and O–H groups in total. The van der Waals surface area contributed by atoms with E-state index in [1.54, 1.807) is 7.11 Å². The minimum absolute atomic E-state index is 0.414. The van der Waals surface area contributed by atoms with Gasteiger partial charge in [0.25, 0.3) is 0 Å². The Morgan fingerprint density at radius 1 is 1.57 bits per heavy atom. The Kier molecular flexibility index (Phi) is 3.23. The Morgan fingerprint density at radius 2 is 2.43 bits per heavy atom. The standard InChI is InChI=1S/C10H15BrN2O/c1-14-10-4-2-3-9(5-10)13-7-8(11)6-12-13/h6-7,9-10H,2-5H2,1H3. The molecule has 0 aromatic carbocycles. The van der Waals surface area contributed by atoms with E-state index in [0.29, 0.717) is 12.1 Å². The largest absolute Gasteiger partial charge is 0.381 e. The third-order valence-electron chi connectivity index (χ3n) is 2.88. The van der Waals surface area contributed by atoms with Gasteiger partial charge in [-0.1, -0.05) is 0 Å². The lowest BCUT2D eigenvalue weighted by atomic mass is 9.93. The summed E-state index contributed by atoms with van der Waals surface area (Å²) in [5, 5.41) is 4.32. The minimum atomic E-state index is 0.414. The van der Waals surface area contributed by atoms with E-state index in [2.05, 4.69) is 25.7 Å². The normalized spacial score (nSPS) is 27.9. The fourth-order valence-corrected chi connectivity index (χ4v) is 2.39. The zero-order valence-corrected chi connectivity index (χ0v) is 9.90. The summed E-state index contributed by atoms with van der Waals surface area (Å²) in [5.41, 5.74) is 0. The second-order valence-electron chi connectivity index (χ2n) is 3.82. The second-order valence-corrected chi connectivity index (χ2v) is 4.73. The van der Waals surface area contributed by atoms with Crippen molar-refractivity contribution in [2.45, 2.75) is 37.8 Å². The van der Waals surface area contributed by atoms with Crippen molar-refractivity contribution in [3.05, 3.63) is 16.9 Å². The van der Waals surface area contributed by atoms with Crippen LogP contribution in [0.3, 0.4) is 0 Å². The molecule has 78 valence electrons. The predicted octanol–water partition coefficient (Wildman–Crippen LogP) is 2.78. The van der Waals surface area contributed by atoms with E-state index >= 15 is 0 Å². The van der Waals surface area contributed by atoms with E-state index in [4.69, 9.17) is 4.74 Å². The summed E-state index contributed by atoms with van der Waals surface area (Å²) in [7, 11) is 1.80. The van der Waals surface area contributed by atoms with Crippen molar-refractivity contribution in [2.24, 2.45) is 0 Å². The van der Waals surface area contributed by atoms with Gasteiger partial charge >= 0.3 is 0 Å². The molecule has 1 aromatic heterocycles. The maximum atomic E-state index is 5.40. The molecule has 1 aromatic rings.